The number of nitrogens with zero attached hydrogens (tertiary/aromatic N) is 1. The molecule has 0 aliphatic carbocycles. The molecule has 0 radical (unpaired) electrons. The van der Waals surface area contributed by atoms with Crippen molar-refractivity contribution in [2.75, 3.05) is 4.90 Å². The van der Waals surface area contributed by atoms with Crippen LogP contribution in [0.4, 0.5) is 17.1 Å². The summed E-state index contributed by atoms with van der Waals surface area (Å²) in [5, 5.41) is 12.8. The van der Waals surface area contributed by atoms with Crippen molar-refractivity contribution in [1.82, 2.24) is 0 Å². The summed E-state index contributed by atoms with van der Waals surface area (Å²) in [4.78, 5) is 2.46. The Balaban J connectivity index is 1.47. The van der Waals surface area contributed by atoms with E-state index in [1.54, 1.807) is 0 Å². The van der Waals surface area contributed by atoms with Crippen LogP contribution in [-0.4, -0.2) is 0 Å². The molecular formula is C42H27N. The number of hydrogen-bond acceptors (Lipinski definition) is 1. The van der Waals surface area contributed by atoms with Gasteiger partial charge in [-0.25, -0.2) is 0 Å². The third kappa shape index (κ3) is 3.58. The lowest BCUT2D eigenvalue weighted by Gasteiger charge is -2.29. The third-order valence-electron chi connectivity index (χ3n) is 8.97. The Morgan fingerprint density at radius 2 is 0.930 bits per heavy atom. The van der Waals surface area contributed by atoms with Crippen molar-refractivity contribution >= 4 is 70.9 Å². The molecule has 0 aliphatic heterocycles. The van der Waals surface area contributed by atoms with Gasteiger partial charge >= 0.3 is 0 Å². The van der Waals surface area contributed by atoms with Crippen LogP contribution < -0.4 is 4.90 Å². The average Bonchev–Trinajstić information content (AvgIpc) is 3.08. The summed E-state index contributed by atoms with van der Waals surface area (Å²) < 4.78 is 0. The quantitative estimate of drug-likeness (QED) is 0.157. The van der Waals surface area contributed by atoms with Crippen LogP contribution >= 0.6 is 0 Å². The van der Waals surface area contributed by atoms with E-state index in [1.165, 1.54) is 76.4 Å². The van der Waals surface area contributed by atoms with Gasteiger partial charge < -0.3 is 4.90 Å². The highest BCUT2D eigenvalue weighted by atomic mass is 15.1. The molecule has 43 heavy (non-hydrogen) atoms. The molecule has 0 amide bonds. The van der Waals surface area contributed by atoms with E-state index in [1.807, 2.05) is 0 Å². The van der Waals surface area contributed by atoms with Crippen molar-refractivity contribution in [3.63, 3.8) is 0 Å². The zero-order valence-electron chi connectivity index (χ0n) is 23.5. The van der Waals surface area contributed by atoms with Gasteiger partial charge in [0.2, 0.25) is 0 Å². The minimum atomic E-state index is 1.14. The Kier molecular flexibility index (Phi) is 5.27. The maximum absolute atomic E-state index is 2.46. The third-order valence-corrected chi connectivity index (χ3v) is 8.97. The monoisotopic (exact) mass is 545 g/mol. The lowest BCUT2D eigenvalue weighted by molar-refractivity contribution is 1.32. The average molecular weight is 546 g/mol. The summed E-state index contributed by atoms with van der Waals surface area (Å²) in [5.74, 6) is 0. The van der Waals surface area contributed by atoms with Gasteiger partial charge in [0.25, 0.3) is 0 Å². The Morgan fingerprint density at radius 1 is 0.302 bits per heavy atom. The summed E-state index contributed by atoms with van der Waals surface area (Å²) >= 11 is 0. The second-order valence-electron chi connectivity index (χ2n) is 11.3. The van der Waals surface area contributed by atoms with Crippen LogP contribution in [0.3, 0.4) is 0 Å². The highest BCUT2D eigenvalue weighted by molar-refractivity contribution is 6.36. The molecule has 200 valence electrons. The molecule has 0 saturated heterocycles. The van der Waals surface area contributed by atoms with Crippen molar-refractivity contribution in [1.29, 1.82) is 0 Å². The smallest absolute Gasteiger partial charge is 0.0547 e. The van der Waals surface area contributed by atoms with E-state index in [9.17, 15) is 0 Å². The number of hydrogen-bond donors (Lipinski definition) is 0. The molecule has 0 aromatic heterocycles. The normalized spacial score (nSPS) is 11.7. The molecular weight excluding hydrogens is 518 g/mol. The molecule has 0 spiro atoms. The first-order chi connectivity index (χ1) is 21.4. The first kappa shape index (κ1) is 24.0. The SMILES string of the molecule is c1ccc(-c2ccc3c4c(N(c5ccccc5)c5cccc6ccccc56)ccc5cccc(c6cccc2c63)c54)cc1. The van der Waals surface area contributed by atoms with Gasteiger partial charge in [0.1, 0.15) is 0 Å². The Morgan fingerprint density at radius 3 is 1.79 bits per heavy atom. The van der Waals surface area contributed by atoms with Gasteiger partial charge in [-0.05, 0) is 78.5 Å². The molecule has 0 saturated carbocycles. The summed E-state index contributed by atoms with van der Waals surface area (Å²) in [7, 11) is 0. The van der Waals surface area contributed by atoms with Crippen LogP contribution in [0.5, 0.6) is 0 Å². The number of fused-ring (bicyclic) bond motifs is 3. The first-order valence-corrected chi connectivity index (χ1v) is 14.9. The van der Waals surface area contributed by atoms with Gasteiger partial charge in [0.05, 0.1) is 11.4 Å². The molecule has 1 heteroatoms. The van der Waals surface area contributed by atoms with Crippen LogP contribution in [0.2, 0.25) is 0 Å². The molecule has 0 heterocycles. The van der Waals surface area contributed by atoms with E-state index in [0.29, 0.717) is 0 Å². The predicted molar refractivity (Wildman–Crippen MR) is 185 cm³/mol. The molecule has 0 fully saturated rings. The van der Waals surface area contributed by atoms with Crippen molar-refractivity contribution in [2.45, 2.75) is 0 Å². The fourth-order valence-corrected chi connectivity index (χ4v) is 7.15. The maximum atomic E-state index is 2.46. The summed E-state index contributed by atoms with van der Waals surface area (Å²) in [5.41, 5.74) is 6.01. The Labute approximate surface area is 250 Å². The van der Waals surface area contributed by atoms with E-state index in [0.717, 1.165) is 5.69 Å². The molecule has 0 aliphatic rings. The standard InChI is InChI=1S/C42H27N/c1-3-12-28(13-4-1)32-25-26-37-41-34(32)21-11-22-36(41)35-20-9-16-30-24-27-39(42(37)40(30)35)43(31-17-5-2-6-18-31)38-23-10-15-29-14-7-8-19-33(29)38/h1-27H. The summed E-state index contributed by atoms with van der Waals surface area (Å²) in [6, 6.07) is 59.7. The first-order valence-electron chi connectivity index (χ1n) is 14.9. The van der Waals surface area contributed by atoms with Gasteiger partial charge in [-0.1, -0.05) is 140 Å². The number of rotatable bonds is 4. The van der Waals surface area contributed by atoms with E-state index in [4.69, 9.17) is 0 Å². The second kappa shape index (κ2) is 9.44. The topological polar surface area (TPSA) is 3.24 Å². The Bertz CT molecular complexity index is 2440. The molecule has 0 N–H and O–H groups in total. The van der Waals surface area contributed by atoms with Crippen LogP contribution in [0.25, 0.3) is 65.0 Å². The van der Waals surface area contributed by atoms with Gasteiger partial charge in [0, 0.05) is 16.5 Å². The zero-order valence-corrected chi connectivity index (χ0v) is 23.5. The largest absolute Gasteiger partial charge is 0.309 e. The van der Waals surface area contributed by atoms with Crippen molar-refractivity contribution in [3.05, 3.63) is 164 Å². The second-order valence-corrected chi connectivity index (χ2v) is 11.3. The fourth-order valence-electron chi connectivity index (χ4n) is 7.15. The molecule has 9 aromatic rings. The molecule has 9 rings (SSSR count). The lowest BCUT2D eigenvalue weighted by Crippen LogP contribution is -2.11. The molecule has 0 bridgehead atoms. The van der Waals surface area contributed by atoms with Gasteiger partial charge in [0.15, 0.2) is 0 Å². The van der Waals surface area contributed by atoms with E-state index in [-0.39, 0.29) is 0 Å². The number of anilines is 3. The lowest BCUT2D eigenvalue weighted by atomic mass is 9.86. The molecule has 0 atom stereocenters. The van der Waals surface area contributed by atoms with Gasteiger partial charge in [-0.2, -0.15) is 0 Å². The van der Waals surface area contributed by atoms with Gasteiger partial charge in [-0.15, -0.1) is 0 Å². The summed E-state index contributed by atoms with van der Waals surface area (Å²) in [6.45, 7) is 0. The van der Waals surface area contributed by atoms with Gasteiger partial charge in [-0.3, -0.25) is 0 Å². The summed E-state index contributed by atoms with van der Waals surface area (Å²) in [6.07, 6.45) is 0. The zero-order chi connectivity index (χ0) is 28.3. The number of benzene rings is 9. The maximum Gasteiger partial charge on any atom is 0.0547 e. The fraction of sp³-hybridized carbons (Fsp3) is 0. The number of para-hydroxylation sites is 1. The highest BCUT2D eigenvalue weighted by Crippen LogP contribution is 2.49. The van der Waals surface area contributed by atoms with E-state index < -0.39 is 0 Å². The van der Waals surface area contributed by atoms with Crippen LogP contribution in [0.1, 0.15) is 0 Å². The predicted octanol–water partition coefficient (Wildman–Crippen LogP) is 12.0. The van der Waals surface area contributed by atoms with Crippen LogP contribution in [0, 0.1) is 0 Å². The van der Waals surface area contributed by atoms with Crippen LogP contribution in [0.15, 0.2) is 164 Å². The van der Waals surface area contributed by atoms with Crippen LogP contribution in [-0.2, 0) is 0 Å². The molecule has 1 nitrogen and oxygen atoms in total. The van der Waals surface area contributed by atoms with E-state index >= 15 is 0 Å². The molecule has 9 aromatic carbocycles. The van der Waals surface area contributed by atoms with Crippen molar-refractivity contribution in [2.24, 2.45) is 0 Å². The molecule has 0 unspecified atom stereocenters. The minimum absolute atomic E-state index is 1.14. The highest BCUT2D eigenvalue weighted by Gasteiger charge is 2.22. The van der Waals surface area contributed by atoms with E-state index in [2.05, 4.69) is 169 Å². The Hall–Kier alpha value is -5.66. The van der Waals surface area contributed by atoms with Crippen molar-refractivity contribution in [3.8, 4) is 11.1 Å². The van der Waals surface area contributed by atoms with Crippen molar-refractivity contribution < 1.29 is 0 Å². The minimum Gasteiger partial charge on any atom is -0.309 e.